The fourth-order valence-electron chi connectivity index (χ4n) is 1.05. The second-order valence-corrected chi connectivity index (χ2v) is 2.72. The van der Waals surface area contributed by atoms with E-state index in [0.29, 0.717) is 6.07 Å². The average Bonchev–Trinajstić information content (AvgIpc) is 2.12. The molecule has 0 saturated carbocycles. The normalized spacial score (nSPS) is 10.2. The van der Waals surface area contributed by atoms with E-state index in [9.17, 15) is 8.78 Å². The van der Waals surface area contributed by atoms with E-state index in [1.54, 1.807) is 0 Å². The molecule has 0 aliphatic carbocycles. The summed E-state index contributed by atoms with van der Waals surface area (Å²) in [5, 5.41) is 17.7. The second kappa shape index (κ2) is 5.06. The van der Waals surface area contributed by atoms with Crippen LogP contribution in [0.15, 0.2) is 12.1 Å². The highest BCUT2D eigenvalue weighted by atomic mass is 19.1. The van der Waals surface area contributed by atoms with Gasteiger partial charge in [0.15, 0.2) is 6.79 Å². The second-order valence-electron chi connectivity index (χ2n) is 2.72. The zero-order valence-corrected chi connectivity index (χ0v) is 7.91. The highest BCUT2D eigenvalue weighted by Gasteiger charge is 2.23. The third kappa shape index (κ3) is 2.88. The molecule has 1 aromatic rings. The molecule has 0 unspecified atom stereocenters. The van der Waals surface area contributed by atoms with Crippen LogP contribution < -0.4 is 10.2 Å². The zero-order valence-electron chi connectivity index (χ0n) is 7.91. The van der Waals surface area contributed by atoms with Crippen LogP contribution in [0.4, 0.5) is 8.78 Å². The minimum Gasteiger partial charge on any atom is -0.468 e. The van der Waals surface area contributed by atoms with Gasteiger partial charge in [-0.2, -0.15) is 0 Å². The van der Waals surface area contributed by atoms with E-state index in [-0.39, 0.29) is 12.5 Å². The average molecular weight is 218 g/mol. The van der Waals surface area contributed by atoms with Gasteiger partial charge in [-0.05, 0) is 0 Å². The maximum Gasteiger partial charge on any atom is 0.495 e. The van der Waals surface area contributed by atoms with Crippen molar-refractivity contribution in [2.45, 2.75) is 0 Å². The van der Waals surface area contributed by atoms with Gasteiger partial charge in [-0.1, -0.05) is 0 Å². The zero-order chi connectivity index (χ0) is 11.4. The quantitative estimate of drug-likeness (QED) is 0.534. The fourth-order valence-corrected chi connectivity index (χ4v) is 1.05. The molecule has 0 fully saturated rings. The first kappa shape index (κ1) is 11.9. The summed E-state index contributed by atoms with van der Waals surface area (Å²) in [6.45, 7) is -0.247. The van der Waals surface area contributed by atoms with Crippen LogP contribution in [0, 0.1) is 11.6 Å². The van der Waals surface area contributed by atoms with E-state index in [2.05, 4.69) is 4.74 Å². The van der Waals surface area contributed by atoms with Crippen molar-refractivity contribution in [1.29, 1.82) is 0 Å². The lowest BCUT2D eigenvalue weighted by atomic mass is 9.79. The summed E-state index contributed by atoms with van der Waals surface area (Å²) in [7, 11) is -0.748. The molecule has 0 aliphatic heterocycles. The molecule has 2 N–H and O–H groups in total. The Kier molecular flexibility index (Phi) is 4.01. The minimum absolute atomic E-state index is 0.247. The number of ether oxygens (including phenoxy) is 2. The molecule has 1 aromatic carbocycles. The van der Waals surface area contributed by atoms with Crippen molar-refractivity contribution in [3.05, 3.63) is 23.8 Å². The van der Waals surface area contributed by atoms with Crippen molar-refractivity contribution < 1.29 is 28.3 Å². The highest BCUT2D eigenvalue weighted by Crippen LogP contribution is 2.13. The molecule has 0 spiro atoms. The Hall–Kier alpha value is -1.18. The molecule has 0 atom stereocenters. The first-order valence-electron chi connectivity index (χ1n) is 4.03. The van der Waals surface area contributed by atoms with E-state index in [1.165, 1.54) is 7.11 Å². The van der Waals surface area contributed by atoms with Gasteiger partial charge < -0.3 is 19.5 Å². The molecule has 0 amide bonds. The third-order valence-corrected chi connectivity index (χ3v) is 1.65. The summed E-state index contributed by atoms with van der Waals surface area (Å²) in [6, 6.07) is 1.38. The Morgan fingerprint density at radius 3 is 2.53 bits per heavy atom. The summed E-state index contributed by atoms with van der Waals surface area (Å²) < 4.78 is 35.2. The number of methoxy groups -OCH3 is 1. The predicted octanol–water partition coefficient (Wildman–Crippen LogP) is -0.373. The largest absolute Gasteiger partial charge is 0.495 e. The molecule has 1 rings (SSSR count). The number of rotatable bonds is 4. The van der Waals surface area contributed by atoms with Gasteiger partial charge in [0.05, 0.1) is 5.46 Å². The van der Waals surface area contributed by atoms with E-state index in [0.717, 1.165) is 6.07 Å². The molecule has 0 aliphatic rings. The Morgan fingerprint density at radius 2 is 2.00 bits per heavy atom. The lowest BCUT2D eigenvalue weighted by molar-refractivity contribution is 0.0513. The SMILES string of the molecule is COCOc1cc(F)cc(F)c1B(O)O. The summed E-state index contributed by atoms with van der Waals surface area (Å²) >= 11 is 0. The van der Waals surface area contributed by atoms with Gasteiger partial charge in [-0.3, -0.25) is 0 Å². The topological polar surface area (TPSA) is 58.9 Å². The Labute approximate surface area is 85.2 Å². The van der Waals surface area contributed by atoms with Crippen molar-refractivity contribution in [2.75, 3.05) is 13.9 Å². The van der Waals surface area contributed by atoms with Crippen molar-refractivity contribution in [2.24, 2.45) is 0 Å². The fraction of sp³-hybridized carbons (Fsp3) is 0.250. The molecule has 0 bridgehead atoms. The van der Waals surface area contributed by atoms with Gasteiger partial charge in [-0.15, -0.1) is 0 Å². The van der Waals surface area contributed by atoms with Crippen LogP contribution in [0.5, 0.6) is 5.75 Å². The summed E-state index contributed by atoms with van der Waals surface area (Å²) in [4.78, 5) is 0. The maximum absolute atomic E-state index is 13.1. The smallest absolute Gasteiger partial charge is 0.468 e. The van der Waals surface area contributed by atoms with Crippen molar-refractivity contribution in [1.82, 2.24) is 0 Å². The monoisotopic (exact) mass is 218 g/mol. The van der Waals surface area contributed by atoms with Crippen LogP contribution in [-0.4, -0.2) is 31.1 Å². The van der Waals surface area contributed by atoms with Crippen molar-refractivity contribution in [3.8, 4) is 5.75 Å². The molecule has 15 heavy (non-hydrogen) atoms. The summed E-state index contributed by atoms with van der Waals surface area (Å²) in [5.41, 5.74) is -0.520. The molecule has 7 heteroatoms. The van der Waals surface area contributed by atoms with Crippen LogP contribution >= 0.6 is 0 Å². The van der Waals surface area contributed by atoms with Crippen LogP contribution in [-0.2, 0) is 4.74 Å². The van der Waals surface area contributed by atoms with Crippen LogP contribution in [0.1, 0.15) is 0 Å². The minimum atomic E-state index is -2.07. The molecule has 0 heterocycles. The number of hydrogen-bond acceptors (Lipinski definition) is 4. The third-order valence-electron chi connectivity index (χ3n) is 1.65. The molecule has 4 nitrogen and oxygen atoms in total. The van der Waals surface area contributed by atoms with Crippen LogP contribution in [0.3, 0.4) is 0 Å². The first-order valence-corrected chi connectivity index (χ1v) is 4.03. The van der Waals surface area contributed by atoms with Crippen LogP contribution in [0.25, 0.3) is 0 Å². The lowest BCUT2D eigenvalue weighted by Crippen LogP contribution is -2.34. The lowest BCUT2D eigenvalue weighted by Gasteiger charge is -2.11. The summed E-state index contributed by atoms with van der Waals surface area (Å²) in [5.74, 6) is -2.26. The van der Waals surface area contributed by atoms with Crippen molar-refractivity contribution in [3.63, 3.8) is 0 Å². The Bertz CT molecular complexity index is 346. The van der Waals surface area contributed by atoms with E-state index < -0.39 is 24.2 Å². The van der Waals surface area contributed by atoms with E-state index in [1.807, 2.05) is 0 Å². The standard InChI is InChI=1S/C8H9BF2O4/c1-14-4-15-7-3-5(10)2-6(11)8(7)9(12)13/h2-3,12-13H,4H2,1H3. The first-order chi connectivity index (χ1) is 7.06. The predicted molar refractivity (Wildman–Crippen MR) is 48.7 cm³/mol. The number of hydrogen-bond donors (Lipinski definition) is 2. The van der Waals surface area contributed by atoms with Crippen molar-refractivity contribution >= 4 is 12.6 Å². The van der Waals surface area contributed by atoms with Gasteiger partial charge >= 0.3 is 7.12 Å². The van der Waals surface area contributed by atoms with Gasteiger partial charge in [0.1, 0.15) is 17.4 Å². The van der Waals surface area contributed by atoms with Gasteiger partial charge in [0.25, 0.3) is 0 Å². The number of halogens is 2. The van der Waals surface area contributed by atoms with E-state index >= 15 is 0 Å². The molecule has 0 saturated heterocycles. The van der Waals surface area contributed by atoms with E-state index in [4.69, 9.17) is 14.8 Å². The van der Waals surface area contributed by atoms with Gasteiger partial charge in [0, 0.05) is 19.2 Å². The molecular weight excluding hydrogens is 209 g/mol. The Morgan fingerprint density at radius 1 is 1.33 bits per heavy atom. The summed E-state index contributed by atoms with van der Waals surface area (Å²) in [6.07, 6.45) is 0. The van der Waals surface area contributed by atoms with Crippen LogP contribution in [0.2, 0.25) is 0 Å². The highest BCUT2D eigenvalue weighted by molar-refractivity contribution is 6.59. The Balaban J connectivity index is 3.09. The van der Waals surface area contributed by atoms with Gasteiger partial charge in [-0.25, -0.2) is 8.78 Å². The molecule has 0 radical (unpaired) electrons. The van der Waals surface area contributed by atoms with Gasteiger partial charge in [0.2, 0.25) is 0 Å². The molecule has 0 aromatic heterocycles. The molecule has 82 valence electrons. The molecular formula is C8H9BF2O4. The number of benzene rings is 1. The maximum atomic E-state index is 13.1.